The predicted molar refractivity (Wildman–Crippen MR) is 200 cm³/mol. The average molecular weight is 716 g/mol. The van der Waals surface area contributed by atoms with Crippen molar-refractivity contribution in [2.75, 3.05) is 34.0 Å². The van der Waals surface area contributed by atoms with E-state index in [1.807, 2.05) is 54.3 Å². The van der Waals surface area contributed by atoms with Crippen LogP contribution in [0.25, 0.3) is 0 Å². The number of aryl methyl sites for hydroxylation is 1. The van der Waals surface area contributed by atoms with Crippen molar-refractivity contribution in [3.8, 4) is 23.0 Å². The molecule has 0 bridgehead atoms. The Bertz CT molecular complexity index is 2100. The summed E-state index contributed by atoms with van der Waals surface area (Å²) in [5.41, 5.74) is 7.12. The van der Waals surface area contributed by atoms with Crippen molar-refractivity contribution in [3.05, 3.63) is 106 Å². The third-order valence-electron chi connectivity index (χ3n) is 9.82. The van der Waals surface area contributed by atoms with Gasteiger partial charge in [0.1, 0.15) is 6.61 Å². The van der Waals surface area contributed by atoms with Crippen molar-refractivity contribution < 1.29 is 33.3 Å². The maximum absolute atomic E-state index is 13.7. The number of hydrogen-bond donors (Lipinski definition) is 1. The molecule has 0 saturated carbocycles. The summed E-state index contributed by atoms with van der Waals surface area (Å²) in [5.74, 6) is 1.14. The maximum atomic E-state index is 13.7. The third-order valence-corrected chi connectivity index (χ3v) is 9.82. The first kappa shape index (κ1) is 35.2. The van der Waals surface area contributed by atoms with E-state index < -0.39 is 0 Å². The minimum Gasteiger partial charge on any atom is -0.493 e. The Morgan fingerprint density at radius 3 is 2.30 bits per heavy atom. The number of nitrogens with zero attached hydrogens (tertiary/aromatic N) is 4. The lowest BCUT2D eigenvalue weighted by Gasteiger charge is -2.34. The highest BCUT2D eigenvalue weighted by molar-refractivity contribution is 6.03. The monoisotopic (exact) mass is 715 g/mol. The maximum Gasteiger partial charge on any atom is 0.258 e. The zero-order valence-corrected chi connectivity index (χ0v) is 29.9. The number of benzene rings is 4. The first-order chi connectivity index (χ1) is 25.8. The lowest BCUT2D eigenvalue weighted by atomic mass is 9.94. The number of carbonyl (C=O) groups excluding carboxylic acids is 3. The zero-order chi connectivity index (χ0) is 36.9. The first-order valence-corrected chi connectivity index (χ1v) is 17.5. The van der Waals surface area contributed by atoms with Crippen molar-refractivity contribution in [1.82, 2.24) is 15.1 Å². The summed E-state index contributed by atoms with van der Waals surface area (Å²) in [6, 6.07) is 22.8. The van der Waals surface area contributed by atoms with Crippen LogP contribution in [0.15, 0.2) is 82.8 Å². The van der Waals surface area contributed by atoms with Crippen LogP contribution < -0.4 is 24.3 Å². The van der Waals surface area contributed by atoms with Crippen LogP contribution in [0.5, 0.6) is 23.0 Å². The van der Waals surface area contributed by atoms with Gasteiger partial charge in [-0.3, -0.25) is 24.4 Å². The molecule has 1 N–H and O–H groups in total. The van der Waals surface area contributed by atoms with Crippen LogP contribution >= 0.6 is 0 Å². The van der Waals surface area contributed by atoms with Crippen molar-refractivity contribution in [2.45, 2.75) is 44.9 Å². The number of hydrogen-bond acceptors (Lipinski definition) is 9. The number of ether oxygens (including phenoxy) is 4. The average Bonchev–Trinajstić information content (AvgIpc) is 3.31. The molecular formula is C41H41N5O7. The van der Waals surface area contributed by atoms with E-state index in [9.17, 15) is 14.4 Å². The molecule has 3 aliphatic heterocycles. The van der Waals surface area contributed by atoms with Crippen LogP contribution in [-0.4, -0.2) is 86.5 Å². The molecule has 4 aromatic rings. The summed E-state index contributed by atoms with van der Waals surface area (Å²) in [5, 5.41) is 2.80. The largest absolute Gasteiger partial charge is 0.493 e. The van der Waals surface area contributed by atoms with Gasteiger partial charge in [0.05, 0.1) is 49.8 Å². The fourth-order valence-corrected chi connectivity index (χ4v) is 6.92. The smallest absolute Gasteiger partial charge is 0.258 e. The highest BCUT2D eigenvalue weighted by Gasteiger charge is 2.33. The molecule has 0 radical (unpaired) electrons. The van der Waals surface area contributed by atoms with Gasteiger partial charge in [-0.1, -0.05) is 48.5 Å². The minimum atomic E-state index is -0.366. The summed E-state index contributed by atoms with van der Waals surface area (Å²) in [4.78, 5) is 51.2. The number of nitrogens with one attached hydrogen (secondary N) is 1. The second kappa shape index (κ2) is 15.6. The molecule has 0 aliphatic carbocycles. The third kappa shape index (κ3) is 7.57. The Kier molecular flexibility index (Phi) is 10.4. The fraction of sp³-hybridized carbons (Fsp3) is 0.293. The van der Waals surface area contributed by atoms with Crippen LogP contribution in [-0.2, 0) is 35.5 Å². The molecule has 3 aliphatic rings. The second-order valence-electron chi connectivity index (χ2n) is 13.1. The molecule has 3 amide bonds. The highest BCUT2D eigenvalue weighted by Crippen LogP contribution is 2.39. The van der Waals surface area contributed by atoms with E-state index in [2.05, 4.69) is 22.4 Å². The summed E-state index contributed by atoms with van der Waals surface area (Å²) in [6.45, 7) is 3.04. The Hall–Kier alpha value is -6.17. The van der Waals surface area contributed by atoms with Crippen LogP contribution in [0, 0.1) is 6.92 Å². The van der Waals surface area contributed by atoms with E-state index >= 15 is 0 Å². The van der Waals surface area contributed by atoms with Gasteiger partial charge >= 0.3 is 0 Å². The van der Waals surface area contributed by atoms with Gasteiger partial charge in [-0.05, 0) is 59.7 Å². The lowest BCUT2D eigenvalue weighted by molar-refractivity contribution is -0.123. The van der Waals surface area contributed by atoms with E-state index in [0.29, 0.717) is 65.9 Å². The number of methoxy groups -OCH3 is 2. The van der Waals surface area contributed by atoms with E-state index in [0.717, 1.165) is 23.1 Å². The van der Waals surface area contributed by atoms with Crippen LogP contribution in [0.2, 0.25) is 0 Å². The molecule has 272 valence electrons. The molecule has 7 rings (SSSR count). The Labute approximate surface area is 308 Å². The summed E-state index contributed by atoms with van der Waals surface area (Å²) in [6.07, 6.45) is 5.84. The van der Waals surface area contributed by atoms with Gasteiger partial charge in [-0.2, -0.15) is 0 Å². The van der Waals surface area contributed by atoms with E-state index in [1.165, 1.54) is 18.2 Å². The van der Waals surface area contributed by atoms with Gasteiger partial charge in [-0.25, -0.2) is 0 Å². The zero-order valence-electron chi connectivity index (χ0n) is 29.9. The van der Waals surface area contributed by atoms with Crippen molar-refractivity contribution in [2.24, 2.45) is 9.98 Å². The predicted octanol–water partition coefficient (Wildman–Crippen LogP) is 5.15. The first-order valence-electron chi connectivity index (χ1n) is 17.5. The van der Waals surface area contributed by atoms with E-state index in [-0.39, 0.29) is 43.7 Å². The van der Waals surface area contributed by atoms with Crippen LogP contribution in [0.1, 0.15) is 38.2 Å². The fourth-order valence-electron chi connectivity index (χ4n) is 6.92. The molecule has 53 heavy (non-hydrogen) atoms. The molecule has 0 spiro atoms. The standard InChI is InChI=1S/C41H41N5O7/c1-26-14-36(50-2)38(18-34(26)43-20-31-15-27-8-4-6-10-29(27)22-45(31)25-47)52-13-12-42-40(48)24-53-39-19-35-33(17-37(39)51-3)41(49)46-23-30-11-7-5-9-28(30)16-32(46)21-44-35/h4-11,14,17-21,25,31-32H,12-13,15-16,22-24H2,1-3H3,(H,42,48). The number of carbonyl (C=O) groups is 3. The van der Waals surface area contributed by atoms with Crippen LogP contribution in [0.4, 0.5) is 11.4 Å². The molecular weight excluding hydrogens is 674 g/mol. The van der Waals surface area contributed by atoms with E-state index in [1.54, 1.807) is 42.6 Å². The van der Waals surface area contributed by atoms with Gasteiger partial charge < -0.3 is 34.1 Å². The molecule has 12 heteroatoms. The number of aliphatic imine (C=N–C) groups is 2. The molecule has 2 unspecified atom stereocenters. The van der Waals surface area contributed by atoms with E-state index in [4.69, 9.17) is 23.9 Å². The quantitative estimate of drug-likeness (QED) is 0.122. The van der Waals surface area contributed by atoms with Crippen LogP contribution in [0.3, 0.4) is 0 Å². The Morgan fingerprint density at radius 2 is 1.57 bits per heavy atom. The van der Waals surface area contributed by atoms with Gasteiger partial charge in [0, 0.05) is 37.7 Å². The lowest BCUT2D eigenvalue weighted by Crippen LogP contribution is -2.44. The highest BCUT2D eigenvalue weighted by atomic mass is 16.5. The SMILES string of the molecule is COc1cc(C)c(N=CC2Cc3ccccc3CN2C=O)cc1OCCNC(=O)COc1cc2c(cc1OC)C(=O)N1Cc3ccccc3CC1C=N2. The molecule has 12 nitrogen and oxygen atoms in total. The van der Waals surface area contributed by atoms with Crippen molar-refractivity contribution in [1.29, 1.82) is 0 Å². The molecule has 0 saturated heterocycles. The molecule has 0 fully saturated rings. The number of fused-ring (bicyclic) bond motifs is 4. The topological polar surface area (TPSA) is 131 Å². The normalized spacial score (nSPS) is 17.2. The molecule has 2 atom stereocenters. The van der Waals surface area contributed by atoms with Crippen molar-refractivity contribution in [3.63, 3.8) is 0 Å². The summed E-state index contributed by atoms with van der Waals surface area (Å²) < 4.78 is 23.0. The molecule has 3 heterocycles. The summed E-state index contributed by atoms with van der Waals surface area (Å²) >= 11 is 0. The second-order valence-corrected chi connectivity index (χ2v) is 13.1. The Morgan fingerprint density at radius 1 is 0.887 bits per heavy atom. The van der Waals surface area contributed by atoms with Gasteiger partial charge in [0.15, 0.2) is 29.6 Å². The molecule has 0 aromatic heterocycles. The van der Waals surface area contributed by atoms with Gasteiger partial charge in [-0.15, -0.1) is 0 Å². The van der Waals surface area contributed by atoms with Gasteiger partial charge in [0.2, 0.25) is 6.41 Å². The number of rotatable bonds is 12. The minimum absolute atomic E-state index is 0.136. The number of amides is 3. The van der Waals surface area contributed by atoms with Crippen molar-refractivity contribution >= 4 is 42.0 Å². The molecule has 4 aromatic carbocycles. The Balaban J connectivity index is 0.946. The summed E-state index contributed by atoms with van der Waals surface area (Å²) in [7, 11) is 3.05. The van der Waals surface area contributed by atoms with Gasteiger partial charge in [0.25, 0.3) is 11.8 Å².